The number of aryl methyl sites for hydroxylation is 1. The molecule has 2 aromatic carbocycles. The second kappa shape index (κ2) is 10.3. The standard InChI is InChI=1S/C23H25N5O2/c24-22(25)13-20(30)9-8-16-4-3-6-18(12-16)19-14-26-23(27-15-19)28-21-7-2-1-5-17(21)10-11-29/h1-7,12,14-15,29H,8-11,13H2,(H3,24,25)(H,26,27,28). The van der Waals surface area contributed by atoms with Gasteiger partial charge in [0.1, 0.15) is 5.78 Å². The summed E-state index contributed by atoms with van der Waals surface area (Å²) in [6.45, 7) is 0.0785. The fourth-order valence-corrected chi connectivity index (χ4v) is 3.13. The first-order chi connectivity index (χ1) is 14.5. The number of nitrogens with two attached hydrogens (primary N) is 1. The maximum Gasteiger partial charge on any atom is 0.227 e. The molecule has 30 heavy (non-hydrogen) atoms. The Hall–Kier alpha value is -3.58. The van der Waals surface area contributed by atoms with Crippen LogP contribution < -0.4 is 11.1 Å². The number of nitrogens with one attached hydrogen (secondary N) is 2. The topological polar surface area (TPSA) is 125 Å². The minimum atomic E-state index is -0.0985. The number of para-hydroxylation sites is 1. The predicted octanol–water partition coefficient (Wildman–Crippen LogP) is 3.25. The Labute approximate surface area is 175 Å². The molecule has 0 aliphatic carbocycles. The highest BCUT2D eigenvalue weighted by molar-refractivity contribution is 5.98. The van der Waals surface area contributed by atoms with Crippen molar-refractivity contribution in [3.63, 3.8) is 0 Å². The van der Waals surface area contributed by atoms with Crippen molar-refractivity contribution in [3.05, 3.63) is 72.1 Å². The Balaban J connectivity index is 1.68. The van der Waals surface area contributed by atoms with Crippen LogP contribution in [-0.4, -0.2) is 33.3 Å². The Morgan fingerprint density at radius 1 is 1.03 bits per heavy atom. The smallest absolute Gasteiger partial charge is 0.227 e. The summed E-state index contributed by atoms with van der Waals surface area (Å²) in [5, 5.41) is 19.6. The van der Waals surface area contributed by atoms with E-state index < -0.39 is 0 Å². The number of rotatable bonds is 10. The van der Waals surface area contributed by atoms with E-state index in [1.807, 2.05) is 48.5 Å². The van der Waals surface area contributed by atoms with Crippen LogP contribution in [0.25, 0.3) is 11.1 Å². The van der Waals surface area contributed by atoms with Crippen LogP contribution in [0.15, 0.2) is 60.9 Å². The first-order valence-electron chi connectivity index (χ1n) is 9.77. The van der Waals surface area contributed by atoms with Crippen LogP contribution in [0.4, 0.5) is 11.6 Å². The second-order valence-corrected chi connectivity index (χ2v) is 6.99. The number of amidine groups is 1. The van der Waals surface area contributed by atoms with Gasteiger partial charge in [-0.05, 0) is 35.6 Å². The molecule has 0 unspecified atom stereocenters. The summed E-state index contributed by atoms with van der Waals surface area (Å²) in [6, 6.07) is 15.6. The molecule has 0 atom stereocenters. The first kappa shape index (κ1) is 21.1. The van der Waals surface area contributed by atoms with Crippen molar-refractivity contribution < 1.29 is 9.90 Å². The van der Waals surface area contributed by atoms with Gasteiger partial charge in [-0.15, -0.1) is 0 Å². The number of carbonyl (C=O) groups is 1. The van der Waals surface area contributed by atoms with Crippen molar-refractivity contribution in [2.75, 3.05) is 11.9 Å². The zero-order valence-electron chi connectivity index (χ0n) is 16.6. The zero-order chi connectivity index (χ0) is 21.3. The highest BCUT2D eigenvalue weighted by Gasteiger charge is 2.07. The van der Waals surface area contributed by atoms with Crippen LogP contribution in [-0.2, 0) is 17.6 Å². The quantitative estimate of drug-likeness (QED) is 0.304. The minimum Gasteiger partial charge on any atom is -0.396 e. The maximum atomic E-state index is 11.8. The SMILES string of the molecule is N=C(N)CC(=O)CCc1cccc(-c2cnc(Nc3ccccc3CCO)nc2)c1. The van der Waals surface area contributed by atoms with E-state index in [2.05, 4.69) is 15.3 Å². The molecule has 0 fully saturated rings. The number of anilines is 2. The summed E-state index contributed by atoms with van der Waals surface area (Å²) >= 11 is 0. The number of ketones is 1. The summed E-state index contributed by atoms with van der Waals surface area (Å²) in [5.74, 6) is 0.349. The largest absolute Gasteiger partial charge is 0.396 e. The van der Waals surface area contributed by atoms with E-state index >= 15 is 0 Å². The van der Waals surface area contributed by atoms with E-state index in [1.54, 1.807) is 12.4 Å². The van der Waals surface area contributed by atoms with Gasteiger partial charge in [0.05, 0.1) is 12.3 Å². The molecule has 7 heteroatoms. The van der Waals surface area contributed by atoms with Crippen molar-refractivity contribution in [2.45, 2.75) is 25.7 Å². The lowest BCUT2D eigenvalue weighted by atomic mass is 10.0. The van der Waals surface area contributed by atoms with Gasteiger partial charge in [-0.1, -0.05) is 42.5 Å². The van der Waals surface area contributed by atoms with Gasteiger partial charge in [0.15, 0.2) is 0 Å². The molecule has 0 radical (unpaired) electrons. The molecule has 0 aliphatic rings. The summed E-state index contributed by atoms with van der Waals surface area (Å²) in [5.41, 5.74) is 10.0. The number of Topliss-reactive ketones (excluding diaryl/α,β-unsaturated/α-hetero) is 1. The van der Waals surface area contributed by atoms with Crippen LogP contribution in [0.3, 0.4) is 0 Å². The van der Waals surface area contributed by atoms with Crippen LogP contribution in [0.1, 0.15) is 24.0 Å². The number of aliphatic hydroxyl groups is 1. The van der Waals surface area contributed by atoms with Crippen molar-refractivity contribution in [1.29, 1.82) is 5.41 Å². The average molecular weight is 403 g/mol. The maximum absolute atomic E-state index is 11.8. The van der Waals surface area contributed by atoms with Gasteiger partial charge < -0.3 is 16.2 Å². The molecule has 0 amide bonds. The Kier molecular flexibility index (Phi) is 7.24. The number of benzene rings is 2. The molecule has 7 nitrogen and oxygen atoms in total. The van der Waals surface area contributed by atoms with Gasteiger partial charge in [0, 0.05) is 36.7 Å². The number of hydrogen-bond acceptors (Lipinski definition) is 6. The van der Waals surface area contributed by atoms with Crippen LogP contribution in [0.2, 0.25) is 0 Å². The van der Waals surface area contributed by atoms with Gasteiger partial charge in [0.2, 0.25) is 5.95 Å². The molecule has 5 N–H and O–H groups in total. The predicted molar refractivity (Wildman–Crippen MR) is 118 cm³/mol. The fraction of sp³-hybridized carbons (Fsp3) is 0.217. The third-order valence-electron chi connectivity index (χ3n) is 4.64. The van der Waals surface area contributed by atoms with Crippen molar-refractivity contribution in [3.8, 4) is 11.1 Å². The third kappa shape index (κ3) is 5.96. The van der Waals surface area contributed by atoms with E-state index in [0.717, 1.165) is 27.9 Å². The van der Waals surface area contributed by atoms with Gasteiger partial charge in [0.25, 0.3) is 0 Å². The number of carbonyl (C=O) groups excluding carboxylic acids is 1. The average Bonchev–Trinajstić information content (AvgIpc) is 2.74. The summed E-state index contributed by atoms with van der Waals surface area (Å²) in [4.78, 5) is 20.6. The van der Waals surface area contributed by atoms with E-state index in [1.165, 1.54) is 0 Å². The molecular weight excluding hydrogens is 378 g/mol. The van der Waals surface area contributed by atoms with E-state index in [0.29, 0.717) is 25.2 Å². The van der Waals surface area contributed by atoms with Crippen LogP contribution >= 0.6 is 0 Å². The number of aromatic nitrogens is 2. The van der Waals surface area contributed by atoms with Gasteiger partial charge >= 0.3 is 0 Å². The van der Waals surface area contributed by atoms with E-state index in [9.17, 15) is 9.90 Å². The summed E-state index contributed by atoms with van der Waals surface area (Å²) in [6.07, 6.45) is 5.03. The fourth-order valence-electron chi connectivity index (χ4n) is 3.13. The molecular formula is C23H25N5O2. The van der Waals surface area contributed by atoms with Crippen molar-refractivity contribution >= 4 is 23.3 Å². The second-order valence-electron chi connectivity index (χ2n) is 6.99. The molecule has 0 bridgehead atoms. The lowest BCUT2D eigenvalue weighted by molar-refractivity contribution is -0.117. The van der Waals surface area contributed by atoms with Crippen LogP contribution in [0, 0.1) is 5.41 Å². The van der Waals surface area contributed by atoms with Gasteiger partial charge in [-0.2, -0.15) is 0 Å². The van der Waals surface area contributed by atoms with E-state index in [-0.39, 0.29) is 24.6 Å². The molecule has 3 rings (SSSR count). The number of hydrogen-bond donors (Lipinski definition) is 4. The Bertz CT molecular complexity index is 1020. The molecule has 0 spiro atoms. The summed E-state index contributed by atoms with van der Waals surface area (Å²) < 4.78 is 0. The van der Waals surface area contributed by atoms with Crippen molar-refractivity contribution in [1.82, 2.24) is 9.97 Å². The molecule has 0 saturated carbocycles. The highest BCUT2D eigenvalue weighted by atomic mass is 16.3. The lowest BCUT2D eigenvalue weighted by Crippen LogP contribution is -2.15. The Morgan fingerprint density at radius 3 is 2.53 bits per heavy atom. The highest BCUT2D eigenvalue weighted by Crippen LogP contribution is 2.23. The monoisotopic (exact) mass is 403 g/mol. The third-order valence-corrected chi connectivity index (χ3v) is 4.64. The number of aliphatic hydroxyl groups excluding tert-OH is 1. The van der Waals surface area contributed by atoms with Gasteiger partial charge in [-0.3, -0.25) is 10.2 Å². The minimum absolute atomic E-state index is 0.00340. The normalized spacial score (nSPS) is 10.6. The zero-order valence-corrected chi connectivity index (χ0v) is 16.6. The van der Waals surface area contributed by atoms with E-state index in [4.69, 9.17) is 11.1 Å². The summed E-state index contributed by atoms with van der Waals surface area (Å²) in [7, 11) is 0. The van der Waals surface area contributed by atoms with Crippen LogP contribution in [0.5, 0.6) is 0 Å². The van der Waals surface area contributed by atoms with Gasteiger partial charge in [-0.25, -0.2) is 9.97 Å². The molecule has 1 heterocycles. The molecule has 3 aromatic rings. The lowest BCUT2D eigenvalue weighted by Gasteiger charge is -2.10. The molecule has 1 aromatic heterocycles. The van der Waals surface area contributed by atoms with Crippen molar-refractivity contribution in [2.24, 2.45) is 5.73 Å². The molecule has 0 saturated heterocycles. The first-order valence-corrected chi connectivity index (χ1v) is 9.77. The molecule has 154 valence electrons. The molecule has 0 aliphatic heterocycles. The Morgan fingerprint density at radius 2 is 1.80 bits per heavy atom. The number of nitrogens with zero attached hydrogens (tertiary/aromatic N) is 2.